The molecule has 0 aromatic carbocycles. The molecule has 22 heavy (non-hydrogen) atoms. The highest BCUT2D eigenvalue weighted by molar-refractivity contribution is 5.29. The molecular weight excluding hydrogens is 297 g/mol. The third kappa shape index (κ3) is 3.59. The van der Waals surface area contributed by atoms with E-state index in [9.17, 15) is 13.2 Å². The molecule has 0 bridgehead atoms. The van der Waals surface area contributed by atoms with Crippen LogP contribution in [0.25, 0.3) is 0 Å². The van der Waals surface area contributed by atoms with Crippen molar-refractivity contribution >= 4 is 0 Å². The molecule has 1 aromatic heterocycles. The van der Waals surface area contributed by atoms with Crippen LogP contribution in [0, 0.1) is 0 Å². The lowest BCUT2D eigenvalue weighted by Crippen LogP contribution is -2.29. The maximum absolute atomic E-state index is 13.3. The van der Waals surface area contributed by atoms with E-state index in [2.05, 4.69) is 9.88 Å². The molecule has 0 unspecified atom stereocenters. The molecular formula is C15H19F3N2O2. The molecule has 1 aromatic rings. The standard InChI is InChI=1S/C15H19F3N2O2/c16-15(17,18)12-8-11(10-20-4-2-1-3-5-20)9-19-13(12)14-21-6-7-22-14/h8-9,14H,1-7,10H2. The van der Waals surface area contributed by atoms with E-state index in [1.165, 1.54) is 18.7 Å². The molecule has 4 nitrogen and oxygen atoms in total. The summed E-state index contributed by atoms with van der Waals surface area (Å²) in [6.45, 7) is 2.94. The first-order valence-corrected chi connectivity index (χ1v) is 7.55. The van der Waals surface area contributed by atoms with Crippen molar-refractivity contribution in [2.45, 2.75) is 38.3 Å². The predicted octanol–water partition coefficient (Wildman–Crippen LogP) is 3.13. The van der Waals surface area contributed by atoms with Crippen LogP contribution in [0.3, 0.4) is 0 Å². The third-order valence-corrected chi connectivity index (χ3v) is 3.98. The first-order chi connectivity index (χ1) is 10.5. The Labute approximate surface area is 127 Å². The average Bonchev–Trinajstić information content (AvgIpc) is 3.01. The Hall–Kier alpha value is -1.18. The van der Waals surface area contributed by atoms with Crippen molar-refractivity contribution in [3.63, 3.8) is 0 Å². The van der Waals surface area contributed by atoms with Gasteiger partial charge in [0.25, 0.3) is 0 Å². The highest BCUT2D eigenvalue weighted by Gasteiger charge is 2.38. The summed E-state index contributed by atoms with van der Waals surface area (Å²) in [5.41, 5.74) is -0.350. The van der Waals surface area contributed by atoms with E-state index in [4.69, 9.17) is 9.47 Å². The van der Waals surface area contributed by atoms with Crippen LogP contribution < -0.4 is 0 Å². The highest BCUT2D eigenvalue weighted by atomic mass is 19.4. The van der Waals surface area contributed by atoms with Gasteiger partial charge in [0.15, 0.2) is 0 Å². The molecule has 3 heterocycles. The summed E-state index contributed by atoms with van der Waals surface area (Å²) in [6.07, 6.45) is -0.582. The number of nitrogens with zero attached hydrogens (tertiary/aromatic N) is 2. The Morgan fingerprint density at radius 3 is 2.45 bits per heavy atom. The van der Waals surface area contributed by atoms with Crippen molar-refractivity contribution in [1.82, 2.24) is 9.88 Å². The van der Waals surface area contributed by atoms with Gasteiger partial charge in [0.2, 0.25) is 6.29 Å². The minimum Gasteiger partial charge on any atom is -0.345 e. The van der Waals surface area contributed by atoms with Gasteiger partial charge in [-0.25, -0.2) is 0 Å². The quantitative estimate of drug-likeness (QED) is 0.858. The van der Waals surface area contributed by atoms with Gasteiger partial charge < -0.3 is 9.47 Å². The minimum absolute atomic E-state index is 0.174. The molecule has 2 aliphatic rings. The Balaban J connectivity index is 1.83. The second kappa shape index (κ2) is 6.52. The van der Waals surface area contributed by atoms with E-state index in [1.807, 2.05) is 0 Å². The molecule has 0 saturated carbocycles. The van der Waals surface area contributed by atoms with Gasteiger partial charge in [0.1, 0.15) is 5.69 Å². The Bertz CT molecular complexity index is 510. The molecule has 122 valence electrons. The van der Waals surface area contributed by atoms with Gasteiger partial charge in [0.05, 0.1) is 18.8 Å². The van der Waals surface area contributed by atoms with E-state index >= 15 is 0 Å². The summed E-state index contributed by atoms with van der Waals surface area (Å²) in [5.74, 6) is 0. The van der Waals surface area contributed by atoms with Crippen molar-refractivity contribution in [2.75, 3.05) is 26.3 Å². The monoisotopic (exact) mass is 316 g/mol. The minimum atomic E-state index is -4.46. The summed E-state index contributed by atoms with van der Waals surface area (Å²) < 4.78 is 50.2. The average molecular weight is 316 g/mol. The van der Waals surface area contributed by atoms with Crippen LogP contribution >= 0.6 is 0 Å². The zero-order valence-electron chi connectivity index (χ0n) is 12.2. The second-order valence-corrected chi connectivity index (χ2v) is 5.68. The summed E-state index contributed by atoms with van der Waals surface area (Å²) in [7, 11) is 0. The lowest BCUT2D eigenvalue weighted by molar-refractivity contribution is -0.143. The van der Waals surface area contributed by atoms with Crippen LogP contribution in [0.1, 0.15) is 42.4 Å². The number of likely N-dealkylation sites (tertiary alicyclic amines) is 1. The fraction of sp³-hybridized carbons (Fsp3) is 0.667. The Kier molecular flexibility index (Phi) is 4.65. The van der Waals surface area contributed by atoms with Crippen molar-refractivity contribution in [1.29, 1.82) is 0 Å². The van der Waals surface area contributed by atoms with Crippen molar-refractivity contribution in [3.8, 4) is 0 Å². The van der Waals surface area contributed by atoms with E-state index in [0.29, 0.717) is 25.3 Å². The van der Waals surface area contributed by atoms with E-state index in [0.717, 1.165) is 25.9 Å². The summed E-state index contributed by atoms with van der Waals surface area (Å²) in [4.78, 5) is 6.17. The predicted molar refractivity (Wildman–Crippen MR) is 73.0 cm³/mol. The van der Waals surface area contributed by atoms with Gasteiger partial charge in [-0.05, 0) is 37.6 Å². The number of hydrogen-bond acceptors (Lipinski definition) is 4. The van der Waals surface area contributed by atoms with Gasteiger partial charge in [0, 0.05) is 12.7 Å². The van der Waals surface area contributed by atoms with E-state index in [1.54, 1.807) is 0 Å². The number of pyridine rings is 1. The molecule has 0 N–H and O–H groups in total. The van der Waals surface area contributed by atoms with Gasteiger partial charge in [-0.3, -0.25) is 9.88 Å². The van der Waals surface area contributed by atoms with Gasteiger partial charge in [-0.15, -0.1) is 0 Å². The first kappa shape index (κ1) is 15.7. The lowest BCUT2D eigenvalue weighted by atomic mass is 10.1. The number of hydrogen-bond donors (Lipinski definition) is 0. The smallest absolute Gasteiger partial charge is 0.345 e. The Morgan fingerprint density at radius 1 is 1.14 bits per heavy atom. The lowest BCUT2D eigenvalue weighted by Gasteiger charge is -2.26. The first-order valence-electron chi connectivity index (χ1n) is 7.55. The topological polar surface area (TPSA) is 34.6 Å². The fourth-order valence-corrected chi connectivity index (χ4v) is 2.91. The largest absolute Gasteiger partial charge is 0.418 e. The maximum atomic E-state index is 13.3. The maximum Gasteiger partial charge on any atom is 0.418 e. The van der Waals surface area contributed by atoms with Gasteiger partial charge in [-0.2, -0.15) is 13.2 Å². The zero-order valence-corrected chi connectivity index (χ0v) is 12.2. The number of piperidine rings is 1. The molecule has 2 fully saturated rings. The van der Waals surface area contributed by atoms with Crippen LogP contribution in [0.2, 0.25) is 0 Å². The SMILES string of the molecule is FC(F)(F)c1cc(CN2CCCCC2)cnc1C1OCCO1. The fourth-order valence-electron chi connectivity index (χ4n) is 2.91. The molecule has 0 aliphatic carbocycles. The van der Waals surface area contributed by atoms with Crippen LogP contribution in [0.15, 0.2) is 12.3 Å². The highest BCUT2D eigenvalue weighted by Crippen LogP contribution is 2.36. The number of rotatable bonds is 3. The molecule has 2 saturated heterocycles. The van der Waals surface area contributed by atoms with Crippen LogP contribution in [-0.4, -0.2) is 36.2 Å². The van der Waals surface area contributed by atoms with Crippen LogP contribution in [0.4, 0.5) is 13.2 Å². The van der Waals surface area contributed by atoms with Gasteiger partial charge >= 0.3 is 6.18 Å². The van der Waals surface area contributed by atoms with E-state index in [-0.39, 0.29) is 5.69 Å². The van der Waals surface area contributed by atoms with Crippen LogP contribution in [-0.2, 0) is 22.2 Å². The number of halogens is 3. The molecule has 0 atom stereocenters. The van der Waals surface area contributed by atoms with Gasteiger partial charge in [-0.1, -0.05) is 6.42 Å². The zero-order chi connectivity index (χ0) is 15.6. The number of ether oxygens (including phenoxy) is 2. The summed E-state index contributed by atoms with van der Waals surface area (Å²) in [5, 5.41) is 0. The summed E-state index contributed by atoms with van der Waals surface area (Å²) >= 11 is 0. The van der Waals surface area contributed by atoms with Crippen molar-refractivity contribution < 1.29 is 22.6 Å². The van der Waals surface area contributed by atoms with Crippen molar-refractivity contribution in [2.24, 2.45) is 0 Å². The van der Waals surface area contributed by atoms with Crippen LogP contribution in [0.5, 0.6) is 0 Å². The molecule has 0 amide bonds. The van der Waals surface area contributed by atoms with Crippen molar-refractivity contribution in [3.05, 3.63) is 29.1 Å². The normalized spacial score (nSPS) is 21.4. The third-order valence-electron chi connectivity index (χ3n) is 3.98. The molecule has 0 radical (unpaired) electrons. The number of alkyl halides is 3. The van der Waals surface area contributed by atoms with E-state index < -0.39 is 18.0 Å². The summed E-state index contributed by atoms with van der Waals surface area (Å²) in [6, 6.07) is 1.18. The molecule has 2 aliphatic heterocycles. The molecule has 0 spiro atoms. The molecule has 7 heteroatoms. The Morgan fingerprint density at radius 2 is 1.82 bits per heavy atom. The number of aromatic nitrogens is 1. The second-order valence-electron chi connectivity index (χ2n) is 5.68. The molecule has 3 rings (SSSR count).